The van der Waals surface area contributed by atoms with E-state index in [2.05, 4.69) is 24.1 Å². The van der Waals surface area contributed by atoms with Gasteiger partial charge in [0.05, 0.1) is 0 Å². The van der Waals surface area contributed by atoms with Crippen LogP contribution in [0.3, 0.4) is 0 Å². The number of rotatable bonds is 3. The summed E-state index contributed by atoms with van der Waals surface area (Å²) in [7, 11) is 0. The lowest BCUT2D eigenvalue weighted by Crippen LogP contribution is -2.59. The summed E-state index contributed by atoms with van der Waals surface area (Å²) in [5.74, 6) is 1.01. The first-order chi connectivity index (χ1) is 6.81. The van der Waals surface area contributed by atoms with Crippen molar-refractivity contribution in [3.8, 4) is 0 Å². The lowest BCUT2D eigenvalue weighted by molar-refractivity contribution is 0.0203. The Labute approximate surface area is 88.1 Å². The number of hydrogen-bond acceptors (Lipinski definition) is 2. The average Bonchev–Trinajstić information content (AvgIpc) is 2.12. The smallest absolute Gasteiger partial charge is 0.0247 e. The third kappa shape index (κ3) is 2.12. The van der Waals surface area contributed by atoms with E-state index in [1.54, 1.807) is 0 Å². The molecule has 0 spiro atoms. The van der Waals surface area contributed by atoms with E-state index in [0.29, 0.717) is 6.04 Å². The standard InChI is InChI=1S/C12H24N2/c1-3-5-11-8-14(9-11)12-6-4-7-13-10(12)2/h10-13H,3-9H2,1-2H3. The van der Waals surface area contributed by atoms with Crippen LogP contribution in [-0.4, -0.2) is 36.6 Å². The molecule has 0 bridgehead atoms. The van der Waals surface area contributed by atoms with Crippen LogP contribution in [0.25, 0.3) is 0 Å². The molecule has 2 fully saturated rings. The molecule has 14 heavy (non-hydrogen) atoms. The van der Waals surface area contributed by atoms with Crippen molar-refractivity contribution in [2.24, 2.45) is 5.92 Å². The van der Waals surface area contributed by atoms with Crippen LogP contribution in [0.15, 0.2) is 0 Å². The van der Waals surface area contributed by atoms with Crippen LogP contribution in [0.5, 0.6) is 0 Å². The molecule has 2 aliphatic heterocycles. The van der Waals surface area contributed by atoms with Gasteiger partial charge in [0.2, 0.25) is 0 Å². The van der Waals surface area contributed by atoms with Gasteiger partial charge in [0.15, 0.2) is 0 Å². The molecule has 2 heteroatoms. The van der Waals surface area contributed by atoms with E-state index in [1.807, 2.05) is 0 Å². The molecule has 2 heterocycles. The fourth-order valence-electron chi connectivity index (χ4n) is 3.00. The third-order valence-electron chi connectivity index (χ3n) is 3.87. The van der Waals surface area contributed by atoms with Crippen LogP contribution in [0, 0.1) is 5.92 Å². The molecule has 2 rings (SSSR count). The largest absolute Gasteiger partial charge is 0.313 e. The van der Waals surface area contributed by atoms with Crippen molar-refractivity contribution >= 4 is 0 Å². The van der Waals surface area contributed by atoms with Crippen LogP contribution in [0.4, 0.5) is 0 Å². The summed E-state index contributed by atoms with van der Waals surface area (Å²) in [6.45, 7) is 8.60. The van der Waals surface area contributed by atoms with Crippen molar-refractivity contribution in [2.75, 3.05) is 19.6 Å². The molecule has 82 valence electrons. The monoisotopic (exact) mass is 196 g/mol. The minimum Gasteiger partial charge on any atom is -0.313 e. The Morgan fingerprint density at radius 3 is 2.79 bits per heavy atom. The average molecular weight is 196 g/mol. The van der Waals surface area contributed by atoms with Crippen molar-refractivity contribution in [1.29, 1.82) is 0 Å². The minimum absolute atomic E-state index is 0.714. The fraction of sp³-hybridized carbons (Fsp3) is 1.00. The molecule has 0 aliphatic carbocycles. The second kappa shape index (κ2) is 4.63. The summed E-state index contributed by atoms with van der Waals surface area (Å²) in [5.41, 5.74) is 0. The Morgan fingerprint density at radius 1 is 1.36 bits per heavy atom. The van der Waals surface area contributed by atoms with Crippen LogP contribution in [0.1, 0.15) is 39.5 Å². The summed E-state index contributed by atoms with van der Waals surface area (Å²) < 4.78 is 0. The van der Waals surface area contributed by atoms with Crippen LogP contribution in [0.2, 0.25) is 0 Å². The van der Waals surface area contributed by atoms with E-state index < -0.39 is 0 Å². The molecule has 0 aromatic rings. The predicted molar refractivity (Wildman–Crippen MR) is 60.5 cm³/mol. The SMILES string of the molecule is CCCC1CN(C2CCCNC2C)C1. The highest BCUT2D eigenvalue weighted by Gasteiger charge is 2.34. The van der Waals surface area contributed by atoms with E-state index in [-0.39, 0.29) is 0 Å². The first kappa shape index (κ1) is 10.4. The second-order valence-corrected chi connectivity index (χ2v) is 5.06. The van der Waals surface area contributed by atoms with Gasteiger partial charge in [-0.05, 0) is 38.6 Å². The summed E-state index contributed by atoms with van der Waals surface area (Å²) in [5, 5.41) is 3.59. The van der Waals surface area contributed by atoms with Gasteiger partial charge in [-0.25, -0.2) is 0 Å². The van der Waals surface area contributed by atoms with Crippen LogP contribution >= 0.6 is 0 Å². The highest BCUT2D eigenvalue weighted by atomic mass is 15.2. The van der Waals surface area contributed by atoms with Crippen LogP contribution < -0.4 is 5.32 Å². The summed E-state index contributed by atoms with van der Waals surface area (Å²) in [6.07, 6.45) is 5.57. The summed E-state index contributed by atoms with van der Waals surface area (Å²) in [4.78, 5) is 2.69. The van der Waals surface area contributed by atoms with Crippen molar-refractivity contribution in [2.45, 2.75) is 51.6 Å². The maximum Gasteiger partial charge on any atom is 0.0247 e. The number of piperidine rings is 1. The molecule has 0 radical (unpaired) electrons. The van der Waals surface area contributed by atoms with Gasteiger partial charge < -0.3 is 5.32 Å². The van der Waals surface area contributed by atoms with Gasteiger partial charge in [0.25, 0.3) is 0 Å². The molecule has 0 aromatic heterocycles. The maximum absolute atomic E-state index is 3.59. The molecule has 2 nitrogen and oxygen atoms in total. The quantitative estimate of drug-likeness (QED) is 0.741. The first-order valence-corrected chi connectivity index (χ1v) is 6.28. The summed E-state index contributed by atoms with van der Waals surface area (Å²) >= 11 is 0. The highest BCUT2D eigenvalue weighted by molar-refractivity contribution is 4.92. The Bertz CT molecular complexity index is 175. The molecule has 2 saturated heterocycles. The van der Waals surface area contributed by atoms with Crippen molar-refractivity contribution in [3.63, 3.8) is 0 Å². The Kier molecular flexibility index (Phi) is 3.45. The van der Waals surface area contributed by atoms with Gasteiger partial charge >= 0.3 is 0 Å². The van der Waals surface area contributed by atoms with E-state index >= 15 is 0 Å². The molecule has 0 aromatic carbocycles. The first-order valence-electron chi connectivity index (χ1n) is 6.28. The molecular formula is C12H24N2. The zero-order chi connectivity index (χ0) is 9.97. The van der Waals surface area contributed by atoms with Gasteiger partial charge in [0.1, 0.15) is 0 Å². The minimum atomic E-state index is 0.714. The van der Waals surface area contributed by atoms with E-state index in [1.165, 1.54) is 45.3 Å². The maximum atomic E-state index is 3.59. The van der Waals surface area contributed by atoms with Gasteiger partial charge in [-0.3, -0.25) is 4.90 Å². The van der Waals surface area contributed by atoms with Gasteiger partial charge in [0, 0.05) is 25.2 Å². The van der Waals surface area contributed by atoms with Gasteiger partial charge in [-0.2, -0.15) is 0 Å². The molecule has 0 saturated carbocycles. The lowest BCUT2D eigenvalue weighted by atomic mass is 9.88. The van der Waals surface area contributed by atoms with Crippen molar-refractivity contribution < 1.29 is 0 Å². The molecule has 2 aliphatic rings. The van der Waals surface area contributed by atoms with Gasteiger partial charge in [-0.1, -0.05) is 13.3 Å². The van der Waals surface area contributed by atoms with E-state index in [4.69, 9.17) is 0 Å². The molecule has 2 unspecified atom stereocenters. The number of nitrogens with one attached hydrogen (secondary N) is 1. The Hall–Kier alpha value is -0.0800. The summed E-state index contributed by atoms with van der Waals surface area (Å²) in [6, 6.07) is 1.54. The lowest BCUT2D eigenvalue weighted by Gasteiger charge is -2.48. The van der Waals surface area contributed by atoms with E-state index in [9.17, 15) is 0 Å². The highest BCUT2D eigenvalue weighted by Crippen LogP contribution is 2.27. The second-order valence-electron chi connectivity index (χ2n) is 5.06. The number of hydrogen-bond donors (Lipinski definition) is 1. The number of nitrogens with zero attached hydrogens (tertiary/aromatic N) is 1. The zero-order valence-corrected chi connectivity index (χ0v) is 9.63. The van der Waals surface area contributed by atoms with Crippen LogP contribution in [-0.2, 0) is 0 Å². The zero-order valence-electron chi connectivity index (χ0n) is 9.63. The van der Waals surface area contributed by atoms with Crippen molar-refractivity contribution in [3.05, 3.63) is 0 Å². The normalized spacial score (nSPS) is 35.6. The van der Waals surface area contributed by atoms with Gasteiger partial charge in [-0.15, -0.1) is 0 Å². The fourth-order valence-corrected chi connectivity index (χ4v) is 3.00. The van der Waals surface area contributed by atoms with Crippen molar-refractivity contribution in [1.82, 2.24) is 10.2 Å². The third-order valence-corrected chi connectivity index (χ3v) is 3.87. The molecule has 1 N–H and O–H groups in total. The molecule has 0 amide bonds. The Morgan fingerprint density at radius 2 is 2.14 bits per heavy atom. The molecular weight excluding hydrogens is 172 g/mol. The Balaban J connectivity index is 1.74. The topological polar surface area (TPSA) is 15.3 Å². The number of likely N-dealkylation sites (tertiary alicyclic amines) is 1. The predicted octanol–water partition coefficient (Wildman–Crippen LogP) is 1.86. The molecule has 2 atom stereocenters. The van der Waals surface area contributed by atoms with E-state index in [0.717, 1.165) is 12.0 Å².